The maximum Gasteiger partial charge on any atom is 0.356 e. The molecule has 154 valence electrons. The molecule has 0 unspecified atom stereocenters. The molecule has 0 bridgehead atoms. The Morgan fingerprint density at radius 3 is 2.62 bits per heavy atom. The molecule has 1 aromatic carbocycles. The first-order chi connectivity index (χ1) is 13.9. The van der Waals surface area contributed by atoms with Crippen molar-refractivity contribution in [2.75, 3.05) is 13.1 Å². The summed E-state index contributed by atoms with van der Waals surface area (Å²) in [6.45, 7) is 2.80. The lowest BCUT2D eigenvalue weighted by Gasteiger charge is -2.36. The van der Waals surface area contributed by atoms with E-state index in [2.05, 4.69) is 10.00 Å². The molecule has 1 saturated heterocycles. The number of carboxylic acids is 1. The highest BCUT2D eigenvalue weighted by molar-refractivity contribution is 6.42. The minimum atomic E-state index is -1.12. The minimum absolute atomic E-state index is 0.0985. The van der Waals surface area contributed by atoms with Crippen LogP contribution < -0.4 is 0 Å². The average molecular weight is 436 g/mol. The van der Waals surface area contributed by atoms with Crippen LogP contribution in [0.1, 0.15) is 53.0 Å². The number of nitrogens with zero attached hydrogens (tertiary/aromatic N) is 3. The van der Waals surface area contributed by atoms with Gasteiger partial charge in [-0.15, -0.1) is 0 Å². The van der Waals surface area contributed by atoms with E-state index >= 15 is 0 Å². The maximum atomic E-state index is 12.7. The van der Waals surface area contributed by atoms with Crippen molar-refractivity contribution >= 4 is 35.1 Å². The summed E-state index contributed by atoms with van der Waals surface area (Å²) in [5, 5.41) is 14.1. The van der Waals surface area contributed by atoms with Gasteiger partial charge in [0.1, 0.15) is 0 Å². The van der Waals surface area contributed by atoms with Gasteiger partial charge in [-0.05, 0) is 61.8 Å². The lowest BCUT2D eigenvalue weighted by molar-refractivity contribution is 0.0683. The van der Waals surface area contributed by atoms with E-state index in [1.807, 2.05) is 12.1 Å². The number of hydrogen-bond donors (Lipinski definition) is 1. The van der Waals surface area contributed by atoms with Gasteiger partial charge in [0.05, 0.1) is 10.0 Å². The predicted octanol–water partition coefficient (Wildman–Crippen LogP) is 4.61. The van der Waals surface area contributed by atoms with Crippen molar-refractivity contribution < 1.29 is 14.7 Å². The molecule has 8 heteroatoms. The Balaban J connectivity index is 1.35. The van der Waals surface area contributed by atoms with Crippen molar-refractivity contribution in [2.45, 2.75) is 38.6 Å². The summed E-state index contributed by atoms with van der Waals surface area (Å²) in [5.74, 6) is -1.32. The molecule has 0 radical (unpaired) electrons. The first-order valence-corrected chi connectivity index (χ1v) is 10.6. The number of carbonyl (C=O) groups is 2. The number of aromatic nitrogens is 2. The molecule has 4 rings (SSSR count). The lowest BCUT2D eigenvalue weighted by Crippen LogP contribution is -2.35. The molecule has 1 aliphatic carbocycles. The predicted molar refractivity (Wildman–Crippen MR) is 111 cm³/mol. The summed E-state index contributed by atoms with van der Waals surface area (Å²) in [6, 6.07) is 7.11. The van der Waals surface area contributed by atoms with Gasteiger partial charge in [-0.1, -0.05) is 35.3 Å². The first-order valence-electron chi connectivity index (χ1n) is 9.85. The van der Waals surface area contributed by atoms with Crippen LogP contribution in [0.2, 0.25) is 10.0 Å². The van der Waals surface area contributed by atoms with Crippen LogP contribution in [0, 0.1) is 11.3 Å². The van der Waals surface area contributed by atoms with Gasteiger partial charge >= 0.3 is 5.97 Å². The lowest BCUT2D eigenvalue weighted by atomic mass is 9.70. The summed E-state index contributed by atoms with van der Waals surface area (Å²) in [5.41, 5.74) is 1.20. The Labute approximate surface area is 179 Å². The van der Waals surface area contributed by atoms with Gasteiger partial charge in [-0.3, -0.25) is 9.69 Å². The zero-order chi connectivity index (χ0) is 20.6. The van der Waals surface area contributed by atoms with Crippen LogP contribution in [-0.2, 0) is 6.54 Å². The molecule has 1 spiro atoms. The third kappa shape index (κ3) is 4.20. The quantitative estimate of drug-likeness (QED) is 0.758. The van der Waals surface area contributed by atoms with Crippen molar-refractivity contribution in [1.29, 1.82) is 0 Å². The minimum Gasteiger partial charge on any atom is -0.476 e. The number of rotatable bonds is 4. The molecule has 1 saturated carbocycles. The second-order valence-electron chi connectivity index (χ2n) is 8.24. The average Bonchev–Trinajstić information content (AvgIpc) is 3.34. The molecule has 2 aromatic rings. The van der Waals surface area contributed by atoms with Gasteiger partial charge in [-0.2, -0.15) is 5.10 Å². The molecular formula is C21H23Cl2N3O3. The summed E-state index contributed by atoms with van der Waals surface area (Å²) in [7, 11) is 0. The molecule has 1 aliphatic heterocycles. The Bertz CT molecular complexity index is 935. The third-order valence-electron chi connectivity index (χ3n) is 6.37. The van der Waals surface area contributed by atoms with Crippen molar-refractivity contribution in [3.8, 4) is 0 Å². The molecule has 2 fully saturated rings. The summed E-state index contributed by atoms with van der Waals surface area (Å²) < 4.78 is 1.19. The topological polar surface area (TPSA) is 75.4 Å². The van der Waals surface area contributed by atoms with Crippen LogP contribution in [0.4, 0.5) is 0 Å². The maximum absolute atomic E-state index is 12.7. The van der Waals surface area contributed by atoms with Crippen molar-refractivity contribution in [1.82, 2.24) is 14.7 Å². The van der Waals surface area contributed by atoms with E-state index in [1.165, 1.54) is 16.9 Å². The fourth-order valence-electron chi connectivity index (χ4n) is 4.71. The number of hydrogen-bond acceptors (Lipinski definition) is 4. The van der Waals surface area contributed by atoms with E-state index in [4.69, 9.17) is 28.3 Å². The summed E-state index contributed by atoms with van der Waals surface area (Å²) in [6.07, 6.45) is 6.19. The van der Waals surface area contributed by atoms with Gasteiger partial charge in [0, 0.05) is 25.2 Å². The SMILES string of the molecule is O=C(O)c1ccn(C(=O)C2CCC3(CC2)CCN(Cc2cccc(Cl)c2Cl)C3)n1. The highest BCUT2D eigenvalue weighted by atomic mass is 35.5. The number of likely N-dealkylation sites (tertiary alicyclic amines) is 1. The Hall–Kier alpha value is -1.89. The smallest absolute Gasteiger partial charge is 0.356 e. The van der Waals surface area contributed by atoms with Gasteiger partial charge in [-0.25, -0.2) is 9.48 Å². The van der Waals surface area contributed by atoms with Crippen LogP contribution in [0.15, 0.2) is 30.5 Å². The standard InChI is InChI=1S/C21H23Cl2N3O3/c22-16-3-1-2-15(18(16)23)12-25-11-9-21(13-25)7-4-14(5-8-21)19(27)26-10-6-17(24-26)20(28)29/h1-3,6,10,14H,4-5,7-9,11-13H2,(H,28,29). The van der Waals surface area contributed by atoms with Crippen molar-refractivity contribution in [3.63, 3.8) is 0 Å². The van der Waals surface area contributed by atoms with Gasteiger partial charge in [0.2, 0.25) is 5.91 Å². The number of carboxylic acid groups (broad SMARTS) is 1. The van der Waals surface area contributed by atoms with Crippen molar-refractivity contribution in [3.05, 3.63) is 51.8 Å². The number of benzene rings is 1. The van der Waals surface area contributed by atoms with E-state index < -0.39 is 5.97 Å². The third-order valence-corrected chi connectivity index (χ3v) is 7.23. The van der Waals surface area contributed by atoms with E-state index in [-0.39, 0.29) is 22.9 Å². The van der Waals surface area contributed by atoms with Gasteiger partial charge in [0.25, 0.3) is 0 Å². The Morgan fingerprint density at radius 2 is 1.93 bits per heavy atom. The van der Waals surface area contributed by atoms with Crippen LogP contribution in [0.5, 0.6) is 0 Å². The molecule has 0 atom stereocenters. The second-order valence-corrected chi connectivity index (χ2v) is 9.02. The van der Waals surface area contributed by atoms with E-state index in [0.717, 1.165) is 57.3 Å². The number of aromatic carboxylic acids is 1. The van der Waals surface area contributed by atoms with E-state index in [1.54, 1.807) is 6.07 Å². The summed E-state index contributed by atoms with van der Waals surface area (Å²) >= 11 is 12.5. The van der Waals surface area contributed by atoms with Gasteiger partial charge in [0.15, 0.2) is 5.69 Å². The zero-order valence-corrected chi connectivity index (χ0v) is 17.5. The molecular weight excluding hydrogens is 413 g/mol. The Morgan fingerprint density at radius 1 is 1.17 bits per heavy atom. The van der Waals surface area contributed by atoms with Crippen molar-refractivity contribution in [2.24, 2.45) is 11.3 Å². The molecule has 6 nitrogen and oxygen atoms in total. The molecule has 1 N–H and O–H groups in total. The van der Waals surface area contributed by atoms with E-state index in [9.17, 15) is 9.59 Å². The molecule has 2 heterocycles. The largest absolute Gasteiger partial charge is 0.476 e. The van der Waals surface area contributed by atoms with Crippen LogP contribution in [-0.4, -0.2) is 44.8 Å². The normalized spacial score (nSPS) is 24.8. The molecule has 1 aromatic heterocycles. The van der Waals surface area contributed by atoms with Gasteiger partial charge < -0.3 is 5.11 Å². The molecule has 0 amide bonds. The number of halogens is 2. The van der Waals surface area contributed by atoms with E-state index in [0.29, 0.717) is 10.0 Å². The highest BCUT2D eigenvalue weighted by Gasteiger charge is 2.42. The monoisotopic (exact) mass is 435 g/mol. The zero-order valence-electron chi connectivity index (χ0n) is 16.0. The van der Waals surface area contributed by atoms with Crippen LogP contribution in [0.3, 0.4) is 0 Å². The second kappa shape index (κ2) is 8.09. The van der Waals surface area contributed by atoms with Crippen LogP contribution in [0.25, 0.3) is 0 Å². The Kier molecular flexibility index (Phi) is 5.69. The molecule has 2 aliphatic rings. The van der Waals surface area contributed by atoms with Crippen LogP contribution >= 0.6 is 23.2 Å². The summed E-state index contributed by atoms with van der Waals surface area (Å²) in [4.78, 5) is 26.1. The fraction of sp³-hybridized carbons (Fsp3) is 0.476. The first kappa shape index (κ1) is 20.4. The molecule has 29 heavy (non-hydrogen) atoms. The highest BCUT2D eigenvalue weighted by Crippen LogP contribution is 2.46. The number of carbonyl (C=O) groups excluding carboxylic acids is 1. The fourth-order valence-corrected chi connectivity index (χ4v) is 5.09.